The van der Waals surface area contributed by atoms with Crippen molar-refractivity contribution in [1.82, 2.24) is 9.97 Å². The first-order valence-electron chi connectivity index (χ1n) is 6.24. The zero-order valence-corrected chi connectivity index (χ0v) is 12.1. The van der Waals surface area contributed by atoms with E-state index < -0.39 is 23.9 Å². The van der Waals surface area contributed by atoms with Crippen molar-refractivity contribution in [1.29, 1.82) is 0 Å². The second-order valence-electron chi connectivity index (χ2n) is 4.77. The molecular formula is C14H10Cl2FN3O. The molecule has 1 aromatic carbocycles. The van der Waals surface area contributed by atoms with Crippen molar-refractivity contribution in [3.63, 3.8) is 0 Å². The maximum absolute atomic E-state index is 13.9. The summed E-state index contributed by atoms with van der Waals surface area (Å²) in [5.41, 5.74) is 0.718. The molecule has 108 valence electrons. The Bertz CT molecular complexity index is 697. The van der Waals surface area contributed by atoms with Gasteiger partial charge in [-0.15, -0.1) is 0 Å². The van der Waals surface area contributed by atoms with Gasteiger partial charge in [-0.3, -0.25) is 4.79 Å². The normalized spacial score (nSPS) is 23.7. The number of halogens is 3. The molecule has 0 bridgehead atoms. The fourth-order valence-electron chi connectivity index (χ4n) is 2.30. The van der Waals surface area contributed by atoms with Crippen molar-refractivity contribution < 1.29 is 9.18 Å². The van der Waals surface area contributed by atoms with Gasteiger partial charge in [-0.2, -0.15) is 0 Å². The molecule has 1 amide bonds. The number of nitrogens with one attached hydrogen (secondary N) is 1. The number of amides is 1. The number of alkyl halides is 1. The summed E-state index contributed by atoms with van der Waals surface area (Å²) >= 11 is 11.6. The topological polar surface area (TPSA) is 54.9 Å². The van der Waals surface area contributed by atoms with Crippen LogP contribution >= 0.6 is 23.2 Å². The Morgan fingerprint density at radius 3 is 2.76 bits per heavy atom. The fourth-order valence-corrected chi connectivity index (χ4v) is 2.64. The van der Waals surface area contributed by atoms with Crippen LogP contribution in [0.3, 0.4) is 0 Å². The summed E-state index contributed by atoms with van der Waals surface area (Å²) in [4.78, 5) is 19.6. The van der Waals surface area contributed by atoms with Crippen LogP contribution in [0.1, 0.15) is 11.5 Å². The Kier molecular flexibility index (Phi) is 3.78. The lowest BCUT2D eigenvalue weighted by molar-refractivity contribution is -0.117. The van der Waals surface area contributed by atoms with Gasteiger partial charge in [0.15, 0.2) is 0 Å². The SMILES string of the molecule is O=C(Nc1cc(Cl)ncn1)[C@@H]1[C@@H](F)[C@H]1c1cccc(Cl)c1. The predicted octanol–water partition coefficient (Wildman–Crippen LogP) is 3.47. The number of hydrogen-bond acceptors (Lipinski definition) is 3. The largest absolute Gasteiger partial charge is 0.310 e. The van der Waals surface area contributed by atoms with E-state index in [4.69, 9.17) is 23.2 Å². The quantitative estimate of drug-likeness (QED) is 0.879. The third-order valence-corrected chi connectivity index (χ3v) is 3.80. The van der Waals surface area contributed by atoms with Crippen LogP contribution < -0.4 is 5.32 Å². The summed E-state index contributed by atoms with van der Waals surface area (Å²) in [6.07, 6.45) is 0.00689. The van der Waals surface area contributed by atoms with Crippen LogP contribution in [0.2, 0.25) is 10.2 Å². The summed E-state index contributed by atoms with van der Waals surface area (Å²) < 4.78 is 13.9. The zero-order chi connectivity index (χ0) is 15.0. The summed E-state index contributed by atoms with van der Waals surface area (Å²) in [6, 6.07) is 8.29. The molecule has 1 fully saturated rings. The average molecular weight is 326 g/mol. The van der Waals surface area contributed by atoms with Gasteiger partial charge in [0.05, 0.1) is 5.92 Å². The highest BCUT2D eigenvalue weighted by Gasteiger charge is 2.56. The fraction of sp³-hybridized carbons (Fsp3) is 0.214. The van der Waals surface area contributed by atoms with Crippen LogP contribution in [-0.4, -0.2) is 22.0 Å². The van der Waals surface area contributed by atoms with Crippen LogP contribution in [0.25, 0.3) is 0 Å². The van der Waals surface area contributed by atoms with Gasteiger partial charge in [-0.05, 0) is 17.7 Å². The number of hydrogen-bond donors (Lipinski definition) is 1. The lowest BCUT2D eigenvalue weighted by Gasteiger charge is -2.03. The van der Waals surface area contributed by atoms with E-state index in [0.717, 1.165) is 5.56 Å². The first-order chi connectivity index (χ1) is 10.1. The average Bonchev–Trinajstić information content (AvgIpc) is 3.10. The van der Waals surface area contributed by atoms with Crippen molar-refractivity contribution in [3.8, 4) is 0 Å². The molecule has 3 atom stereocenters. The Labute approximate surface area is 130 Å². The molecule has 1 N–H and O–H groups in total. The van der Waals surface area contributed by atoms with Crippen LogP contribution in [0.4, 0.5) is 10.2 Å². The molecule has 2 aromatic rings. The molecule has 1 aliphatic carbocycles. The van der Waals surface area contributed by atoms with E-state index >= 15 is 0 Å². The van der Waals surface area contributed by atoms with Gasteiger partial charge in [0.25, 0.3) is 0 Å². The maximum Gasteiger partial charge on any atom is 0.232 e. The van der Waals surface area contributed by atoms with Crippen molar-refractivity contribution in [2.24, 2.45) is 5.92 Å². The highest BCUT2D eigenvalue weighted by atomic mass is 35.5. The van der Waals surface area contributed by atoms with Crippen molar-refractivity contribution in [2.75, 3.05) is 5.32 Å². The molecule has 1 aromatic heterocycles. The summed E-state index contributed by atoms with van der Waals surface area (Å²) in [7, 11) is 0. The van der Waals surface area contributed by atoms with E-state index in [1.165, 1.54) is 12.4 Å². The zero-order valence-electron chi connectivity index (χ0n) is 10.6. The number of carbonyl (C=O) groups excluding carboxylic acids is 1. The molecule has 4 nitrogen and oxygen atoms in total. The number of rotatable bonds is 3. The summed E-state index contributed by atoms with van der Waals surface area (Å²) in [5, 5.41) is 3.27. The molecule has 0 spiro atoms. The molecule has 0 saturated heterocycles. The van der Waals surface area contributed by atoms with Crippen molar-refractivity contribution >= 4 is 34.9 Å². The van der Waals surface area contributed by atoms with E-state index in [9.17, 15) is 9.18 Å². The standard InChI is InChI=1S/C14H10Cl2FN3O/c15-8-3-1-2-7(4-8)11-12(13(11)17)14(21)20-10-5-9(16)18-6-19-10/h1-6,11-13H,(H,18,19,20,21)/t11-,12-,13-/m0/s1. The van der Waals surface area contributed by atoms with Crippen molar-refractivity contribution in [3.05, 3.63) is 52.4 Å². The van der Waals surface area contributed by atoms with E-state index in [2.05, 4.69) is 15.3 Å². The highest BCUT2D eigenvalue weighted by Crippen LogP contribution is 2.51. The Balaban J connectivity index is 1.72. The maximum atomic E-state index is 13.9. The minimum atomic E-state index is -1.22. The lowest BCUT2D eigenvalue weighted by Crippen LogP contribution is -2.16. The van der Waals surface area contributed by atoms with Gasteiger partial charge < -0.3 is 5.32 Å². The second-order valence-corrected chi connectivity index (χ2v) is 5.59. The Morgan fingerprint density at radius 2 is 2.05 bits per heavy atom. The first kappa shape index (κ1) is 14.2. The van der Waals surface area contributed by atoms with Crippen LogP contribution in [0, 0.1) is 5.92 Å². The van der Waals surface area contributed by atoms with Crippen molar-refractivity contribution in [2.45, 2.75) is 12.1 Å². The molecule has 3 rings (SSSR count). The monoisotopic (exact) mass is 325 g/mol. The van der Waals surface area contributed by atoms with Crippen LogP contribution in [0.5, 0.6) is 0 Å². The third kappa shape index (κ3) is 2.99. The summed E-state index contributed by atoms with van der Waals surface area (Å²) in [5.74, 6) is -1.38. The van der Waals surface area contributed by atoms with Gasteiger partial charge >= 0.3 is 0 Å². The minimum absolute atomic E-state index is 0.208. The third-order valence-electron chi connectivity index (χ3n) is 3.35. The summed E-state index contributed by atoms with van der Waals surface area (Å²) in [6.45, 7) is 0. The van der Waals surface area contributed by atoms with Gasteiger partial charge in [0, 0.05) is 17.0 Å². The second kappa shape index (κ2) is 5.58. The van der Waals surface area contributed by atoms with E-state index in [-0.39, 0.29) is 11.0 Å². The van der Waals surface area contributed by atoms with Crippen LogP contribution in [-0.2, 0) is 4.79 Å². The smallest absolute Gasteiger partial charge is 0.232 e. The molecule has 0 radical (unpaired) electrons. The van der Waals surface area contributed by atoms with Gasteiger partial charge in [0.1, 0.15) is 23.5 Å². The highest BCUT2D eigenvalue weighted by molar-refractivity contribution is 6.30. The number of anilines is 1. The number of aromatic nitrogens is 2. The van der Waals surface area contributed by atoms with E-state index in [0.29, 0.717) is 5.02 Å². The predicted molar refractivity (Wildman–Crippen MR) is 78.3 cm³/mol. The minimum Gasteiger partial charge on any atom is -0.310 e. The van der Waals surface area contributed by atoms with Gasteiger partial charge in [-0.1, -0.05) is 35.3 Å². The van der Waals surface area contributed by atoms with E-state index in [1.54, 1.807) is 24.3 Å². The molecular weight excluding hydrogens is 316 g/mol. The Morgan fingerprint density at radius 1 is 1.24 bits per heavy atom. The first-order valence-corrected chi connectivity index (χ1v) is 7.00. The number of carbonyl (C=O) groups is 1. The molecule has 21 heavy (non-hydrogen) atoms. The number of benzene rings is 1. The molecule has 0 aliphatic heterocycles. The van der Waals surface area contributed by atoms with Crippen LogP contribution in [0.15, 0.2) is 36.7 Å². The molecule has 1 aliphatic rings. The molecule has 1 heterocycles. The lowest BCUT2D eigenvalue weighted by atomic mass is 10.1. The van der Waals surface area contributed by atoms with Gasteiger partial charge in [-0.25, -0.2) is 14.4 Å². The molecule has 1 saturated carbocycles. The van der Waals surface area contributed by atoms with E-state index in [1.807, 2.05) is 0 Å². The van der Waals surface area contributed by atoms with Gasteiger partial charge in [0.2, 0.25) is 5.91 Å². The number of nitrogens with zero attached hydrogens (tertiary/aromatic N) is 2. The molecule has 7 heteroatoms. The Hall–Kier alpha value is -1.72. The molecule has 0 unspecified atom stereocenters.